The lowest BCUT2D eigenvalue weighted by atomic mass is 10.2. The van der Waals surface area contributed by atoms with Crippen LogP contribution in [0.3, 0.4) is 0 Å². The molecule has 0 radical (unpaired) electrons. The Morgan fingerprint density at radius 2 is 2.24 bits per heavy atom. The molecule has 0 unspecified atom stereocenters. The van der Waals surface area contributed by atoms with Crippen molar-refractivity contribution in [1.82, 2.24) is 15.2 Å². The van der Waals surface area contributed by atoms with Crippen LogP contribution in [-0.4, -0.2) is 34.4 Å². The predicted molar refractivity (Wildman–Crippen MR) is 102 cm³/mol. The van der Waals surface area contributed by atoms with Crippen LogP contribution in [0.4, 0.5) is 9.93 Å². The minimum Gasteiger partial charge on any atom is -0.336 e. The van der Waals surface area contributed by atoms with Gasteiger partial charge in [-0.05, 0) is 31.4 Å². The van der Waals surface area contributed by atoms with Crippen molar-refractivity contribution in [2.75, 3.05) is 11.9 Å². The van der Waals surface area contributed by atoms with Crippen molar-refractivity contribution >= 4 is 45.8 Å². The third-order valence-corrected chi connectivity index (χ3v) is 5.45. The molecule has 0 saturated heterocycles. The molecular formula is C17H20N4O2S2. The lowest BCUT2D eigenvalue weighted by Gasteiger charge is -2.24. The van der Waals surface area contributed by atoms with Gasteiger partial charge in [0.25, 0.3) is 0 Å². The number of thiophene rings is 1. The molecule has 3 rings (SSSR count). The number of nitrogens with one attached hydrogen (secondary N) is 2. The first kappa shape index (κ1) is 17.6. The number of carbonyl (C=O) groups is 2. The van der Waals surface area contributed by atoms with E-state index in [9.17, 15) is 9.59 Å². The van der Waals surface area contributed by atoms with E-state index in [1.165, 1.54) is 11.3 Å². The Morgan fingerprint density at radius 3 is 2.96 bits per heavy atom. The van der Waals surface area contributed by atoms with Gasteiger partial charge in [0.05, 0.1) is 12.2 Å². The molecule has 3 heterocycles. The van der Waals surface area contributed by atoms with Crippen LogP contribution >= 0.6 is 22.7 Å². The highest BCUT2D eigenvalue weighted by Gasteiger charge is 2.23. The Bertz CT molecular complexity index is 781. The van der Waals surface area contributed by atoms with Gasteiger partial charge in [0.15, 0.2) is 5.13 Å². The van der Waals surface area contributed by atoms with Crippen molar-refractivity contribution in [3.8, 4) is 0 Å². The van der Waals surface area contributed by atoms with Crippen LogP contribution < -0.4 is 10.6 Å². The highest BCUT2D eigenvalue weighted by Crippen LogP contribution is 2.28. The second kappa shape index (κ2) is 7.79. The molecule has 0 spiro atoms. The van der Waals surface area contributed by atoms with Gasteiger partial charge in [-0.1, -0.05) is 17.4 Å². The lowest BCUT2D eigenvalue weighted by molar-refractivity contribution is -0.126. The number of rotatable bonds is 4. The minimum atomic E-state index is -0.257. The van der Waals surface area contributed by atoms with E-state index in [-0.39, 0.29) is 18.0 Å². The van der Waals surface area contributed by atoms with Crippen molar-refractivity contribution in [3.05, 3.63) is 39.0 Å². The first-order chi connectivity index (χ1) is 12.0. The summed E-state index contributed by atoms with van der Waals surface area (Å²) in [4.78, 5) is 32.5. The molecule has 0 saturated carbocycles. The van der Waals surface area contributed by atoms with Gasteiger partial charge in [0.2, 0.25) is 5.91 Å². The Kier molecular flexibility index (Phi) is 5.50. The number of hydrogen-bond donors (Lipinski definition) is 2. The van der Waals surface area contributed by atoms with Crippen molar-refractivity contribution in [2.45, 2.75) is 32.9 Å². The van der Waals surface area contributed by atoms with Crippen LogP contribution in [0.1, 0.15) is 29.3 Å². The summed E-state index contributed by atoms with van der Waals surface area (Å²) >= 11 is 3.03. The van der Waals surface area contributed by atoms with E-state index in [1.54, 1.807) is 17.4 Å². The number of anilines is 1. The fraction of sp³-hybridized carbons (Fsp3) is 0.353. The fourth-order valence-electron chi connectivity index (χ4n) is 2.48. The second-order valence-corrected chi connectivity index (χ2v) is 8.06. The van der Waals surface area contributed by atoms with E-state index in [0.717, 1.165) is 15.4 Å². The molecule has 3 amide bonds. The van der Waals surface area contributed by atoms with Crippen molar-refractivity contribution in [2.24, 2.45) is 0 Å². The second-order valence-electron chi connectivity index (χ2n) is 6.00. The third-order valence-electron chi connectivity index (χ3n) is 3.62. The normalized spacial score (nSPS) is 14.0. The molecule has 6 nitrogen and oxygen atoms in total. The smallest absolute Gasteiger partial charge is 0.321 e. The topological polar surface area (TPSA) is 74.3 Å². The van der Waals surface area contributed by atoms with Crippen molar-refractivity contribution in [1.29, 1.82) is 0 Å². The maximum absolute atomic E-state index is 12.4. The zero-order valence-corrected chi connectivity index (χ0v) is 15.7. The molecular weight excluding hydrogens is 356 g/mol. The molecule has 0 aromatic carbocycles. The molecule has 1 aliphatic rings. The van der Waals surface area contributed by atoms with E-state index in [2.05, 4.69) is 15.6 Å². The summed E-state index contributed by atoms with van der Waals surface area (Å²) in [6.45, 7) is 4.98. The van der Waals surface area contributed by atoms with E-state index >= 15 is 0 Å². The van der Waals surface area contributed by atoms with E-state index in [4.69, 9.17) is 0 Å². The monoisotopic (exact) mass is 376 g/mol. The molecule has 2 N–H and O–H groups in total. The number of carbonyl (C=O) groups excluding carboxylic acids is 2. The van der Waals surface area contributed by atoms with Crippen LogP contribution in [0.25, 0.3) is 6.08 Å². The Labute approximate surface area is 154 Å². The molecule has 2 aromatic rings. The average Bonchev–Trinajstić information content (AvgIpc) is 3.19. The van der Waals surface area contributed by atoms with Crippen molar-refractivity contribution < 1.29 is 9.59 Å². The van der Waals surface area contributed by atoms with Crippen molar-refractivity contribution in [3.63, 3.8) is 0 Å². The van der Waals surface area contributed by atoms with Crippen LogP contribution in [0, 0.1) is 0 Å². The van der Waals surface area contributed by atoms with Gasteiger partial charge in [0.1, 0.15) is 0 Å². The first-order valence-corrected chi connectivity index (χ1v) is 9.77. The standard InChI is InChI=1S/C17H20N4O2S2/c1-11(2)18-16(23)20-17-19-13-7-8-21(10-14(13)25-17)15(22)6-5-12-4-3-9-24-12/h3-6,9,11H,7-8,10H2,1-2H3,(H2,18,19,20,23)/b6-5+. The average molecular weight is 377 g/mol. The molecule has 0 atom stereocenters. The molecule has 0 aliphatic carbocycles. The molecule has 2 aromatic heterocycles. The SMILES string of the molecule is CC(C)NC(=O)Nc1nc2c(s1)CN(C(=O)/C=C/c1cccs1)CC2. The number of hydrogen-bond acceptors (Lipinski definition) is 5. The van der Waals surface area contributed by atoms with Gasteiger partial charge < -0.3 is 10.2 Å². The quantitative estimate of drug-likeness (QED) is 0.804. The molecule has 0 fully saturated rings. The fourth-order valence-corrected chi connectivity index (χ4v) is 4.11. The highest BCUT2D eigenvalue weighted by atomic mass is 32.1. The number of nitrogens with zero attached hydrogens (tertiary/aromatic N) is 2. The van der Waals surface area contributed by atoms with Crippen LogP contribution in [0.15, 0.2) is 23.6 Å². The lowest BCUT2D eigenvalue weighted by Crippen LogP contribution is -2.34. The highest BCUT2D eigenvalue weighted by molar-refractivity contribution is 7.15. The van der Waals surface area contributed by atoms with Gasteiger partial charge >= 0.3 is 6.03 Å². The summed E-state index contributed by atoms with van der Waals surface area (Å²) < 4.78 is 0. The summed E-state index contributed by atoms with van der Waals surface area (Å²) in [5.41, 5.74) is 0.969. The van der Waals surface area contributed by atoms with Gasteiger partial charge in [-0.3, -0.25) is 10.1 Å². The third kappa shape index (κ3) is 4.67. The summed E-state index contributed by atoms with van der Waals surface area (Å²) in [5, 5.41) is 8.09. The van der Waals surface area contributed by atoms with Gasteiger partial charge in [0, 0.05) is 34.8 Å². The van der Waals surface area contributed by atoms with Gasteiger partial charge in [-0.2, -0.15) is 0 Å². The maximum atomic E-state index is 12.4. The largest absolute Gasteiger partial charge is 0.336 e. The number of amides is 3. The molecule has 0 bridgehead atoms. The number of thiazole rings is 1. The minimum absolute atomic E-state index is 0.000454. The number of aromatic nitrogens is 1. The van der Waals surface area contributed by atoms with Gasteiger partial charge in [-0.25, -0.2) is 9.78 Å². The van der Waals surface area contributed by atoms with Gasteiger partial charge in [-0.15, -0.1) is 11.3 Å². The van der Waals surface area contributed by atoms with Crippen LogP contribution in [0.2, 0.25) is 0 Å². The van der Waals surface area contributed by atoms with E-state index in [1.807, 2.05) is 42.3 Å². The Hall–Kier alpha value is -2.19. The Morgan fingerprint density at radius 1 is 1.40 bits per heavy atom. The van der Waals surface area contributed by atoms with E-state index < -0.39 is 0 Å². The number of urea groups is 1. The molecule has 1 aliphatic heterocycles. The summed E-state index contributed by atoms with van der Waals surface area (Å²) in [7, 11) is 0. The van der Waals surface area contributed by atoms with E-state index in [0.29, 0.717) is 24.6 Å². The summed E-state index contributed by atoms with van der Waals surface area (Å²) in [6.07, 6.45) is 4.17. The predicted octanol–water partition coefficient (Wildman–Crippen LogP) is 3.33. The molecule has 8 heteroatoms. The Balaban J connectivity index is 1.61. The molecule has 132 valence electrons. The summed E-state index contributed by atoms with van der Waals surface area (Å²) in [5.74, 6) is -0.000454. The zero-order valence-electron chi connectivity index (χ0n) is 14.1. The number of fused-ring (bicyclic) bond motifs is 1. The zero-order chi connectivity index (χ0) is 17.8. The molecule has 25 heavy (non-hydrogen) atoms. The summed E-state index contributed by atoms with van der Waals surface area (Å²) in [6, 6.07) is 3.75. The van der Waals surface area contributed by atoms with Crippen LogP contribution in [-0.2, 0) is 17.8 Å². The first-order valence-electron chi connectivity index (χ1n) is 8.08. The van der Waals surface area contributed by atoms with Crippen LogP contribution in [0.5, 0.6) is 0 Å². The maximum Gasteiger partial charge on any atom is 0.321 e.